The molecule has 5 nitrogen and oxygen atoms in total. The molecule has 0 radical (unpaired) electrons. The smallest absolute Gasteiger partial charge is 0.251 e. The first-order valence-corrected chi connectivity index (χ1v) is 6.79. The average molecular weight is 277 g/mol. The molecule has 1 heterocycles. The summed E-state index contributed by atoms with van der Waals surface area (Å²) < 4.78 is 0. The van der Waals surface area contributed by atoms with Crippen LogP contribution in [0.1, 0.15) is 15.4 Å². The van der Waals surface area contributed by atoms with Gasteiger partial charge in [-0.15, -0.1) is 11.3 Å². The fourth-order valence-electron chi connectivity index (χ4n) is 1.56. The van der Waals surface area contributed by atoms with Gasteiger partial charge in [0.15, 0.2) is 0 Å². The van der Waals surface area contributed by atoms with E-state index in [4.69, 9.17) is 5.11 Å². The number of carbonyl (C=O) groups excluding carboxylic acids is 1. The third-order valence-electron chi connectivity index (χ3n) is 2.45. The van der Waals surface area contributed by atoms with Gasteiger partial charge in [0.2, 0.25) is 0 Å². The Morgan fingerprint density at radius 3 is 3.05 bits per heavy atom. The first kappa shape index (κ1) is 13.5. The van der Waals surface area contributed by atoms with E-state index in [1.807, 2.05) is 17.5 Å². The SMILES string of the molecule is O=C(NCCO)c1cccc(NCc2nccs2)c1. The maximum atomic E-state index is 11.7. The molecule has 1 amide bonds. The van der Waals surface area contributed by atoms with E-state index >= 15 is 0 Å². The minimum atomic E-state index is -0.188. The first-order valence-electron chi connectivity index (χ1n) is 5.91. The van der Waals surface area contributed by atoms with E-state index in [1.54, 1.807) is 29.7 Å². The van der Waals surface area contributed by atoms with Gasteiger partial charge < -0.3 is 15.7 Å². The number of thiazole rings is 1. The molecule has 0 spiro atoms. The molecule has 0 fully saturated rings. The fraction of sp³-hybridized carbons (Fsp3) is 0.231. The van der Waals surface area contributed by atoms with Crippen molar-refractivity contribution < 1.29 is 9.90 Å². The minimum Gasteiger partial charge on any atom is -0.395 e. The predicted octanol–water partition coefficient (Wildman–Crippen LogP) is 1.48. The highest BCUT2D eigenvalue weighted by Crippen LogP contribution is 2.13. The Labute approximate surface area is 115 Å². The minimum absolute atomic E-state index is 0.0618. The largest absolute Gasteiger partial charge is 0.395 e. The molecule has 0 aliphatic carbocycles. The normalized spacial score (nSPS) is 10.2. The van der Waals surface area contributed by atoms with Gasteiger partial charge in [0.05, 0.1) is 13.2 Å². The second-order valence-corrected chi connectivity index (χ2v) is 4.82. The van der Waals surface area contributed by atoms with Gasteiger partial charge in [0.25, 0.3) is 5.91 Å². The molecule has 0 aliphatic rings. The zero-order valence-electron chi connectivity index (χ0n) is 10.3. The van der Waals surface area contributed by atoms with E-state index in [-0.39, 0.29) is 19.1 Å². The Morgan fingerprint density at radius 1 is 1.42 bits per heavy atom. The molecule has 0 unspecified atom stereocenters. The van der Waals surface area contributed by atoms with Crippen LogP contribution in [0.4, 0.5) is 5.69 Å². The van der Waals surface area contributed by atoms with Gasteiger partial charge in [-0.2, -0.15) is 0 Å². The van der Waals surface area contributed by atoms with Crippen LogP contribution in [0.15, 0.2) is 35.8 Å². The molecule has 2 aromatic rings. The summed E-state index contributed by atoms with van der Waals surface area (Å²) >= 11 is 1.58. The number of aliphatic hydroxyl groups is 1. The molecule has 0 saturated carbocycles. The summed E-state index contributed by atoms with van der Waals surface area (Å²) in [6.07, 6.45) is 1.76. The first-order chi connectivity index (χ1) is 9.29. The van der Waals surface area contributed by atoms with Gasteiger partial charge >= 0.3 is 0 Å². The van der Waals surface area contributed by atoms with Crippen LogP contribution >= 0.6 is 11.3 Å². The number of hydrogen-bond donors (Lipinski definition) is 3. The number of aliphatic hydroxyl groups excluding tert-OH is 1. The number of aromatic nitrogens is 1. The number of nitrogens with zero attached hydrogens (tertiary/aromatic N) is 1. The third-order valence-corrected chi connectivity index (χ3v) is 3.23. The molecule has 0 aliphatic heterocycles. The number of amides is 1. The molecule has 1 aromatic heterocycles. The summed E-state index contributed by atoms with van der Waals surface area (Å²) in [6, 6.07) is 7.23. The van der Waals surface area contributed by atoms with Crippen molar-refractivity contribution in [2.45, 2.75) is 6.54 Å². The quantitative estimate of drug-likeness (QED) is 0.747. The maximum absolute atomic E-state index is 11.7. The number of rotatable bonds is 6. The molecule has 0 atom stereocenters. The Balaban J connectivity index is 1.96. The van der Waals surface area contributed by atoms with Crippen LogP contribution in [-0.2, 0) is 6.54 Å². The third kappa shape index (κ3) is 4.04. The highest BCUT2D eigenvalue weighted by molar-refractivity contribution is 7.09. The molecule has 6 heteroatoms. The van der Waals surface area contributed by atoms with Crippen LogP contribution in [0, 0.1) is 0 Å². The lowest BCUT2D eigenvalue weighted by atomic mass is 10.2. The van der Waals surface area contributed by atoms with Gasteiger partial charge in [-0.1, -0.05) is 6.07 Å². The number of anilines is 1. The van der Waals surface area contributed by atoms with Crippen molar-refractivity contribution in [3.63, 3.8) is 0 Å². The van der Waals surface area contributed by atoms with Crippen LogP contribution < -0.4 is 10.6 Å². The van der Waals surface area contributed by atoms with E-state index in [0.29, 0.717) is 12.1 Å². The summed E-state index contributed by atoms with van der Waals surface area (Å²) in [7, 11) is 0. The summed E-state index contributed by atoms with van der Waals surface area (Å²) in [6.45, 7) is 0.836. The van der Waals surface area contributed by atoms with Crippen molar-refractivity contribution in [3.05, 3.63) is 46.4 Å². The topological polar surface area (TPSA) is 74.2 Å². The van der Waals surface area contributed by atoms with Crippen LogP contribution in [0.2, 0.25) is 0 Å². The number of benzene rings is 1. The van der Waals surface area contributed by atoms with Crippen molar-refractivity contribution in [1.82, 2.24) is 10.3 Å². The fourth-order valence-corrected chi connectivity index (χ4v) is 2.12. The monoisotopic (exact) mass is 277 g/mol. The highest BCUT2D eigenvalue weighted by atomic mass is 32.1. The van der Waals surface area contributed by atoms with Crippen molar-refractivity contribution in [2.75, 3.05) is 18.5 Å². The highest BCUT2D eigenvalue weighted by Gasteiger charge is 2.05. The lowest BCUT2D eigenvalue weighted by Crippen LogP contribution is -2.26. The molecule has 3 N–H and O–H groups in total. The van der Waals surface area contributed by atoms with E-state index in [2.05, 4.69) is 15.6 Å². The van der Waals surface area contributed by atoms with Gasteiger partial charge in [0, 0.05) is 29.4 Å². The summed E-state index contributed by atoms with van der Waals surface area (Å²) in [4.78, 5) is 15.9. The number of hydrogen-bond acceptors (Lipinski definition) is 5. The average Bonchev–Trinajstić information content (AvgIpc) is 2.96. The molecule has 0 saturated heterocycles. The Morgan fingerprint density at radius 2 is 2.32 bits per heavy atom. The van der Waals surface area contributed by atoms with Gasteiger partial charge in [0.1, 0.15) is 5.01 Å². The second-order valence-electron chi connectivity index (χ2n) is 3.84. The van der Waals surface area contributed by atoms with E-state index in [1.165, 1.54) is 0 Å². The van der Waals surface area contributed by atoms with Gasteiger partial charge in [-0.3, -0.25) is 4.79 Å². The van der Waals surface area contributed by atoms with Gasteiger partial charge in [-0.25, -0.2) is 4.98 Å². The summed E-state index contributed by atoms with van der Waals surface area (Å²) in [5.74, 6) is -0.188. The van der Waals surface area contributed by atoms with Crippen LogP contribution in [0.3, 0.4) is 0 Å². The van der Waals surface area contributed by atoms with Crippen molar-refractivity contribution in [2.24, 2.45) is 0 Å². The zero-order chi connectivity index (χ0) is 13.5. The summed E-state index contributed by atoms with van der Waals surface area (Å²) in [5, 5.41) is 17.4. The molecule has 1 aromatic carbocycles. The van der Waals surface area contributed by atoms with Crippen molar-refractivity contribution in [3.8, 4) is 0 Å². The molecule has 19 heavy (non-hydrogen) atoms. The van der Waals surface area contributed by atoms with Gasteiger partial charge in [-0.05, 0) is 18.2 Å². The molecule has 100 valence electrons. The molecular formula is C13H15N3O2S. The Hall–Kier alpha value is -1.92. The Kier molecular flexibility index (Phi) is 4.88. The predicted molar refractivity (Wildman–Crippen MR) is 75.3 cm³/mol. The maximum Gasteiger partial charge on any atom is 0.251 e. The lowest BCUT2D eigenvalue weighted by molar-refractivity contribution is 0.0945. The van der Waals surface area contributed by atoms with Crippen molar-refractivity contribution in [1.29, 1.82) is 0 Å². The van der Waals surface area contributed by atoms with Crippen LogP contribution in [-0.4, -0.2) is 29.1 Å². The summed E-state index contributed by atoms with van der Waals surface area (Å²) in [5.41, 5.74) is 1.43. The Bertz CT molecular complexity index is 528. The van der Waals surface area contributed by atoms with E-state index < -0.39 is 0 Å². The molecule has 0 bridgehead atoms. The lowest BCUT2D eigenvalue weighted by Gasteiger charge is -2.07. The molecular weight excluding hydrogens is 262 g/mol. The second kappa shape index (κ2) is 6.86. The van der Waals surface area contributed by atoms with Crippen LogP contribution in [0.25, 0.3) is 0 Å². The molecule has 2 rings (SSSR count). The number of carbonyl (C=O) groups is 1. The zero-order valence-corrected chi connectivity index (χ0v) is 11.1. The standard InChI is InChI=1S/C13H15N3O2S/c17-6-4-15-13(18)10-2-1-3-11(8-10)16-9-12-14-5-7-19-12/h1-3,5,7-8,16-17H,4,6,9H2,(H,15,18). The number of nitrogens with one attached hydrogen (secondary N) is 2. The van der Waals surface area contributed by atoms with E-state index in [9.17, 15) is 4.79 Å². The van der Waals surface area contributed by atoms with Crippen molar-refractivity contribution >= 4 is 22.9 Å². The van der Waals surface area contributed by atoms with Crippen LogP contribution in [0.5, 0.6) is 0 Å². The van der Waals surface area contributed by atoms with E-state index in [0.717, 1.165) is 10.7 Å².